The Morgan fingerprint density at radius 1 is 1.06 bits per heavy atom. The molecule has 5 rings (SSSR count). The van der Waals surface area contributed by atoms with E-state index in [9.17, 15) is 0 Å². The van der Waals surface area contributed by atoms with Crippen molar-refractivity contribution in [3.8, 4) is 17.1 Å². The number of furan rings is 1. The fourth-order valence-electron chi connectivity index (χ4n) is 4.20. The van der Waals surface area contributed by atoms with Gasteiger partial charge in [-0.15, -0.1) is 0 Å². The zero-order valence-electron chi connectivity index (χ0n) is 18.2. The number of pyridine rings is 1. The van der Waals surface area contributed by atoms with Crippen LogP contribution in [0.4, 0.5) is 5.69 Å². The molecule has 1 fully saturated rings. The lowest BCUT2D eigenvalue weighted by molar-refractivity contribution is 0.414. The number of aromatic nitrogens is 1. The third kappa shape index (κ3) is 4.08. The van der Waals surface area contributed by atoms with Crippen LogP contribution in [0.25, 0.3) is 11.3 Å². The van der Waals surface area contributed by atoms with Gasteiger partial charge in [-0.05, 0) is 73.2 Å². The van der Waals surface area contributed by atoms with Crippen LogP contribution in [0, 0.1) is 6.92 Å². The van der Waals surface area contributed by atoms with Crippen molar-refractivity contribution in [1.29, 1.82) is 0 Å². The maximum Gasteiger partial charge on any atom is 0.174 e. The van der Waals surface area contributed by atoms with Gasteiger partial charge in [0.2, 0.25) is 0 Å². The van der Waals surface area contributed by atoms with Crippen molar-refractivity contribution in [3.63, 3.8) is 0 Å². The quantitative estimate of drug-likeness (QED) is 0.333. The molecule has 5 nitrogen and oxygen atoms in total. The van der Waals surface area contributed by atoms with E-state index in [2.05, 4.69) is 15.2 Å². The van der Waals surface area contributed by atoms with Crippen LogP contribution in [0.2, 0.25) is 5.02 Å². The third-order valence-corrected chi connectivity index (χ3v) is 6.36. The molecule has 1 saturated heterocycles. The van der Waals surface area contributed by atoms with Crippen LogP contribution < -0.4 is 15.0 Å². The molecule has 0 unspecified atom stereocenters. The van der Waals surface area contributed by atoms with Gasteiger partial charge in [-0.25, -0.2) is 0 Å². The molecule has 0 radical (unpaired) electrons. The van der Waals surface area contributed by atoms with Crippen LogP contribution in [0.1, 0.15) is 29.1 Å². The Balaban J connectivity index is 1.62. The molecule has 166 valence electrons. The third-order valence-electron chi connectivity index (χ3n) is 5.81. The zero-order chi connectivity index (χ0) is 22.9. The highest BCUT2D eigenvalue weighted by atomic mass is 35.5. The Morgan fingerprint density at radius 3 is 2.73 bits per heavy atom. The van der Waals surface area contributed by atoms with Gasteiger partial charge in [0.25, 0.3) is 0 Å². The number of benzene rings is 2. The van der Waals surface area contributed by atoms with Gasteiger partial charge in [0.05, 0.1) is 18.8 Å². The maximum absolute atomic E-state index is 6.44. The Labute approximate surface area is 203 Å². The number of hydrogen-bond donors (Lipinski definition) is 1. The van der Waals surface area contributed by atoms with Crippen LogP contribution in [-0.4, -0.2) is 17.2 Å². The van der Waals surface area contributed by atoms with Crippen molar-refractivity contribution in [2.45, 2.75) is 19.0 Å². The number of rotatable bonds is 5. The summed E-state index contributed by atoms with van der Waals surface area (Å²) in [5.74, 6) is 2.29. The van der Waals surface area contributed by atoms with Gasteiger partial charge in [-0.2, -0.15) is 0 Å². The number of ether oxygens (including phenoxy) is 1. The van der Waals surface area contributed by atoms with E-state index in [1.54, 1.807) is 13.3 Å². The number of thiocarbonyl (C=S) groups is 1. The molecule has 0 amide bonds. The average Bonchev–Trinajstić information content (AvgIpc) is 3.45. The van der Waals surface area contributed by atoms with Gasteiger partial charge in [0.1, 0.15) is 23.3 Å². The highest BCUT2D eigenvalue weighted by Gasteiger charge is 2.42. The number of nitrogens with zero attached hydrogens (tertiary/aromatic N) is 2. The first-order valence-corrected chi connectivity index (χ1v) is 11.3. The minimum Gasteiger partial charge on any atom is -0.497 e. The summed E-state index contributed by atoms with van der Waals surface area (Å²) < 4.78 is 11.9. The topological polar surface area (TPSA) is 50.5 Å². The lowest BCUT2D eigenvalue weighted by Gasteiger charge is -2.26. The minimum absolute atomic E-state index is 0.190. The first-order chi connectivity index (χ1) is 16.0. The lowest BCUT2D eigenvalue weighted by atomic mass is 10.0. The molecule has 2 aromatic heterocycles. The first-order valence-electron chi connectivity index (χ1n) is 10.6. The molecule has 0 saturated carbocycles. The molecular formula is C26H22ClN3O2S. The number of anilines is 1. The fraction of sp³-hybridized carbons (Fsp3) is 0.154. The molecule has 0 aliphatic carbocycles. The van der Waals surface area contributed by atoms with Crippen LogP contribution in [0.15, 0.2) is 83.4 Å². The van der Waals surface area contributed by atoms with Crippen molar-refractivity contribution in [3.05, 3.63) is 101 Å². The predicted octanol–water partition coefficient (Wildman–Crippen LogP) is 6.49. The van der Waals surface area contributed by atoms with Gasteiger partial charge in [-0.1, -0.05) is 29.8 Å². The van der Waals surface area contributed by atoms with Crippen molar-refractivity contribution >= 4 is 34.6 Å². The van der Waals surface area contributed by atoms with Gasteiger partial charge < -0.3 is 19.4 Å². The summed E-state index contributed by atoms with van der Waals surface area (Å²) in [6, 6.07) is 23.0. The highest BCUT2D eigenvalue weighted by molar-refractivity contribution is 7.80. The molecule has 0 spiro atoms. The standard InChI is InChI=1S/C26H22ClN3O2S/c1-16-9-10-17(27)14-20(16)22-11-12-23(32-22)25-24(21-8-3-4-13-28-21)29-26(33)30(25)18-6-5-7-19(15-18)31-2/h3-15,24-25H,1-2H3,(H,29,33)/t24-,25-/m0/s1. The van der Waals surface area contributed by atoms with E-state index in [1.807, 2.05) is 79.7 Å². The Hall–Kier alpha value is -3.35. The van der Waals surface area contributed by atoms with E-state index in [-0.39, 0.29) is 12.1 Å². The smallest absolute Gasteiger partial charge is 0.174 e. The van der Waals surface area contributed by atoms with Gasteiger partial charge in [-0.3, -0.25) is 4.98 Å². The average molecular weight is 476 g/mol. The number of methoxy groups -OCH3 is 1. The zero-order valence-corrected chi connectivity index (χ0v) is 19.7. The van der Waals surface area contributed by atoms with E-state index in [0.29, 0.717) is 10.1 Å². The Bertz CT molecular complexity index is 1310. The summed E-state index contributed by atoms with van der Waals surface area (Å²) >= 11 is 12.0. The normalized spacial score (nSPS) is 17.8. The van der Waals surface area contributed by atoms with E-state index >= 15 is 0 Å². The van der Waals surface area contributed by atoms with Crippen molar-refractivity contribution in [2.24, 2.45) is 0 Å². The lowest BCUT2D eigenvalue weighted by Crippen LogP contribution is -2.29. The minimum atomic E-state index is -0.243. The summed E-state index contributed by atoms with van der Waals surface area (Å²) in [6.45, 7) is 2.04. The Morgan fingerprint density at radius 2 is 1.94 bits per heavy atom. The number of aryl methyl sites for hydroxylation is 1. The fourth-order valence-corrected chi connectivity index (χ4v) is 4.72. The van der Waals surface area contributed by atoms with Crippen LogP contribution in [0.5, 0.6) is 5.75 Å². The number of halogens is 1. The SMILES string of the molecule is COc1cccc(N2C(=S)N[C@@H](c3ccccn3)[C@@H]2c2ccc(-c3cc(Cl)ccc3C)o2)c1. The summed E-state index contributed by atoms with van der Waals surface area (Å²) in [4.78, 5) is 6.65. The summed E-state index contributed by atoms with van der Waals surface area (Å²) in [6.07, 6.45) is 1.79. The molecule has 1 N–H and O–H groups in total. The molecule has 33 heavy (non-hydrogen) atoms. The molecule has 0 bridgehead atoms. The van der Waals surface area contributed by atoms with Crippen molar-refractivity contribution in [1.82, 2.24) is 10.3 Å². The second-order valence-electron chi connectivity index (χ2n) is 7.86. The monoisotopic (exact) mass is 475 g/mol. The van der Waals surface area contributed by atoms with E-state index in [0.717, 1.165) is 39.8 Å². The highest BCUT2D eigenvalue weighted by Crippen LogP contribution is 2.43. The molecule has 2 atom stereocenters. The predicted molar refractivity (Wildman–Crippen MR) is 135 cm³/mol. The van der Waals surface area contributed by atoms with E-state index < -0.39 is 0 Å². The second kappa shape index (κ2) is 8.89. The maximum atomic E-state index is 6.44. The van der Waals surface area contributed by atoms with Crippen LogP contribution in [-0.2, 0) is 0 Å². The molecule has 1 aliphatic rings. The molecular weight excluding hydrogens is 454 g/mol. The number of nitrogens with one attached hydrogen (secondary N) is 1. The second-order valence-corrected chi connectivity index (χ2v) is 8.68. The van der Waals surface area contributed by atoms with E-state index in [1.165, 1.54) is 0 Å². The molecule has 1 aliphatic heterocycles. The first kappa shape index (κ1) is 21.5. The van der Waals surface area contributed by atoms with Gasteiger partial charge >= 0.3 is 0 Å². The van der Waals surface area contributed by atoms with Crippen LogP contribution in [0.3, 0.4) is 0 Å². The van der Waals surface area contributed by atoms with Crippen molar-refractivity contribution < 1.29 is 9.15 Å². The summed E-state index contributed by atoms with van der Waals surface area (Å²) in [5, 5.41) is 4.71. The van der Waals surface area contributed by atoms with Gasteiger partial charge in [0, 0.05) is 28.5 Å². The van der Waals surface area contributed by atoms with Gasteiger partial charge in [0.15, 0.2) is 5.11 Å². The van der Waals surface area contributed by atoms with Crippen molar-refractivity contribution in [2.75, 3.05) is 12.0 Å². The largest absolute Gasteiger partial charge is 0.497 e. The molecule has 7 heteroatoms. The molecule has 4 aromatic rings. The van der Waals surface area contributed by atoms with E-state index in [4.69, 9.17) is 33.0 Å². The number of hydrogen-bond acceptors (Lipinski definition) is 4. The summed E-state index contributed by atoms with van der Waals surface area (Å²) in [7, 11) is 1.65. The molecule has 3 heterocycles. The molecule has 2 aromatic carbocycles. The summed E-state index contributed by atoms with van der Waals surface area (Å²) in [5.41, 5.74) is 3.84. The Kier molecular flexibility index (Phi) is 5.79. The van der Waals surface area contributed by atoms with Crippen LogP contribution >= 0.6 is 23.8 Å².